The quantitative estimate of drug-likeness (QED) is 0.780. The maximum absolute atomic E-state index is 12.4. The third kappa shape index (κ3) is 2.97. The van der Waals surface area contributed by atoms with E-state index in [9.17, 15) is 4.39 Å². The van der Waals surface area contributed by atoms with E-state index in [1.54, 1.807) is 0 Å². The zero-order chi connectivity index (χ0) is 9.90. The van der Waals surface area contributed by atoms with Crippen LogP contribution in [0, 0.1) is 5.82 Å². The second-order valence-corrected chi connectivity index (χ2v) is 3.59. The lowest BCUT2D eigenvalue weighted by atomic mass is 10.0. The van der Waals surface area contributed by atoms with Crippen molar-refractivity contribution in [2.24, 2.45) is 0 Å². The van der Waals surface area contributed by atoms with E-state index in [0.717, 1.165) is 18.8 Å². The number of aromatic nitrogens is 2. The molecule has 1 aromatic heterocycles. The fourth-order valence-corrected chi connectivity index (χ4v) is 0.768. The summed E-state index contributed by atoms with van der Waals surface area (Å²) in [6.45, 7) is 6.15. The van der Waals surface area contributed by atoms with E-state index in [-0.39, 0.29) is 5.54 Å². The highest BCUT2D eigenvalue weighted by atomic mass is 19.1. The van der Waals surface area contributed by atoms with Crippen LogP contribution in [0.1, 0.15) is 27.2 Å². The van der Waals surface area contributed by atoms with Gasteiger partial charge in [-0.2, -0.15) is 0 Å². The molecule has 1 rings (SSSR count). The molecule has 1 heterocycles. The molecule has 0 aliphatic carbocycles. The largest absolute Gasteiger partial charge is 0.349 e. The van der Waals surface area contributed by atoms with Crippen molar-refractivity contribution in [3.05, 3.63) is 18.2 Å². The molecule has 0 saturated carbocycles. The predicted molar refractivity (Wildman–Crippen MR) is 50.0 cm³/mol. The summed E-state index contributed by atoms with van der Waals surface area (Å²) in [4.78, 5) is 7.63. The van der Waals surface area contributed by atoms with Crippen LogP contribution in [0.4, 0.5) is 10.3 Å². The van der Waals surface area contributed by atoms with Crippen LogP contribution >= 0.6 is 0 Å². The van der Waals surface area contributed by atoms with E-state index in [2.05, 4.69) is 22.2 Å². The van der Waals surface area contributed by atoms with Gasteiger partial charge in [-0.25, -0.2) is 14.4 Å². The van der Waals surface area contributed by atoms with Gasteiger partial charge in [-0.1, -0.05) is 6.92 Å². The lowest BCUT2D eigenvalue weighted by molar-refractivity contribution is 0.539. The zero-order valence-corrected chi connectivity index (χ0v) is 8.13. The Bertz CT molecular complexity index is 269. The maximum Gasteiger partial charge on any atom is 0.223 e. The lowest BCUT2D eigenvalue weighted by Gasteiger charge is -2.24. The van der Waals surface area contributed by atoms with E-state index < -0.39 is 5.82 Å². The van der Waals surface area contributed by atoms with Gasteiger partial charge < -0.3 is 5.32 Å². The van der Waals surface area contributed by atoms with Crippen molar-refractivity contribution in [2.45, 2.75) is 32.7 Å². The Hall–Kier alpha value is -1.19. The van der Waals surface area contributed by atoms with Gasteiger partial charge in [0.15, 0.2) is 5.82 Å². The topological polar surface area (TPSA) is 37.8 Å². The molecule has 0 saturated heterocycles. The minimum atomic E-state index is -0.417. The summed E-state index contributed by atoms with van der Waals surface area (Å²) in [5.74, 6) is 0.0492. The van der Waals surface area contributed by atoms with Crippen molar-refractivity contribution in [3.8, 4) is 0 Å². The smallest absolute Gasteiger partial charge is 0.223 e. The van der Waals surface area contributed by atoms with Crippen molar-refractivity contribution in [1.82, 2.24) is 9.97 Å². The van der Waals surface area contributed by atoms with Gasteiger partial charge in [-0.15, -0.1) is 0 Å². The van der Waals surface area contributed by atoms with E-state index in [4.69, 9.17) is 0 Å². The molecule has 1 aromatic rings. The lowest BCUT2D eigenvalue weighted by Crippen LogP contribution is -2.30. The van der Waals surface area contributed by atoms with Crippen molar-refractivity contribution >= 4 is 5.95 Å². The molecule has 0 aromatic carbocycles. The molecule has 4 heteroatoms. The van der Waals surface area contributed by atoms with Gasteiger partial charge in [-0.3, -0.25) is 0 Å². The fourth-order valence-electron chi connectivity index (χ4n) is 0.768. The molecule has 0 amide bonds. The summed E-state index contributed by atoms with van der Waals surface area (Å²) in [5, 5.41) is 3.11. The summed E-state index contributed by atoms with van der Waals surface area (Å²) in [5.41, 5.74) is -0.0577. The third-order valence-electron chi connectivity index (χ3n) is 1.95. The SMILES string of the molecule is CCC(C)(C)Nc1ncc(F)cn1. The summed E-state index contributed by atoms with van der Waals surface area (Å²) >= 11 is 0. The van der Waals surface area contributed by atoms with Crippen molar-refractivity contribution in [1.29, 1.82) is 0 Å². The standard InChI is InChI=1S/C9H14FN3/c1-4-9(2,3)13-8-11-5-7(10)6-12-8/h5-6H,4H2,1-3H3,(H,11,12,13). The van der Waals surface area contributed by atoms with Crippen molar-refractivity contribution in [2.75, 3.05) is 5.32 Å². The zero-order valence-electron chi connectivity index (χ0n) is 8.13. The van der Waals surface area contributed by atoms with Crippen LogP contribution < -0.4 is 5.32 Å². The Labute approximate surface area is 77.4 Å². The van der Waals surface area contributed by atoms with Gasteiger partial charge >= 0.3 is 0 Å². The number of nitrogens with one attached hydrogen (secondary N) is 1. The summed E-state index contributed by atoms with van der Waals surface area (Å²) < 4.78 is 12.4. The number of anilines is 1. The molecule has 0 bridgehead atoms. The second-order valence-electron chi connectivity index (χ2n) is 3.59. The normalized spacial score (nSPS) is 11.4. The maximum atomic E-state index is 12.4. The molecule has 0 aliphatic heterocycles. The Morgan fingerprint density at radius 3 is 2.38 bits per heavy atom. The van der Waals surface area contributed by atoms with Gasteiger partial charge in [0.25, 0.3) is 0 Å². The molecular weight excluding hydrogens is 169 g/mol. The van der Waals surface area contributed by atoms with E-state index in [1.807, 2.05) is 13.8 Å². The second kappa shape index (κ2) is 3.68. The molecule has 0 radical (unpaired) electrons. The summed E-state index contributed by atoms with van der Waals surface area (Å²) in [7, 11) is 0. The number of rotatable bonds is 3. The minimum absolute atomic E-state index is 0.0577. The van der Waals surface area contributed by atoms with Gasteiger partial charge in [0.2, 0.25) is 5.95 Å². The first kappa shape index (κ1) is 9.89. The third-order valence-corrected chi connectivity index (χ3v) is 1.95. The van der Waals surface area contributed by atoms with Crippen LogP contribution in [0.15, 0.2) is 12.4 Å². The average molecular weight is 183 g/mol. The van der Waals surface area contributed by atoms with Crippen LogP contribution in [-0.4, -0.2) is 15.5 Å². The number of halogens is 1. The van der Waals surface area contributed by atoms with E-state index >= 15 is 0 Å². The predicted octanol–water partition coefficient (Wildman–Crippen LogP) is 2.22. The highest BCUT2D eigenvalue weighted by molar-refractivity contribution is 5.26. The van der Waals surface area contributed by atoms with Crippen LogP contribution in [-0.2, 0) is 0 Å². The minimum Gasteiger partial charge on any atom is -0.349 e. The summed E-state index contributed by atoms with van der Waals surface area (Å²) in [6, 6.07) is 0. The number of hydrogen-bond acceptors (Lipinski definition) is 3. The average Bonchev–Trinajstić information content (AvgIpc) is 2.09. The summed E-state index contributed by atoms with van der Waals surface area (Å²) in [6.07, 6.45) is 3.26. The Morgan fingerprint density at radius 1 is 1.38 bits per heavy atom. The number of hydrogen-bond donors (Lipinski definition) is 1. The molecule has 13 heavy (non-hydrogen) atoms. The van der Waals surface area contributed by atoms with E-state index in [1.165, 1.54) is 0 Å². The van der Waals surface area contributed by atoms with Crippen LogP contribution in [0.2, 0.25) is 0 Å². The molecule has 0 atom stereocenters. The number of nitrogens with zero attached hydrogens (tertiary/aromatic N) is 2. The monoisotopic (exact) mass is 183 g/mol. The molecular formula is C9H14FN3. The van der Waals surface area contributed by atoms with Crippen molar-refractivity contribution in [3.63, 3.8) is 0 Å². The van der Waals surface area contributed by atoms with Gasteiger partial charge in [-0.05, 0) is 20.3 Å². The molecule has 0 unspecified atom stereocenters. The Morgan fingerprint density at radius 2 is 1.92 bits per heavy atom. The van der Waals surface area contributed by atoms with Gasteiger partial charge in [0.1, 0.15) is 0 Å². The molecule has 0 fully saturated rings. The first-order valence-electron chi connectivity index (χ1n) is 4.29. The van der Waals surface area contributed by atoms with Gasteiger partial charge in [0, 0.05) is 5.54 Å². The van der Waals surface area contributed by atoms with E-state index in [0.29, 0.717) is 5.95 Å². The highest BCUT2D eigenvalue weighted by Gasteiger charge is 2.15. The Kier molecular flexibility index (Phi) is 2.80. The van der Waals surface area contributed by atoms with Crippen molar-refractivity contribution < 1.29 is 4.39 Å². The molecule has 1 N–H and O–H groups in total. The first-order valence-corrected chi connectivity index (χ1v) is 4.29. The first-order chi connectivity index (χ1) is 6.03. The van der Waals surface area contributed by atoms with Crippen LogP contribution in [0.5, 0.6) is 0 Å². The molecule has 0 aliphatic rings. The Balaban J connectivity index is 2.69. The molecule has 0 spiro atoms. The van der Waals surface area contributed by atoms with Gasteiger partial charge in [0.05, 0.1) is 12.4 Å². The molecule has 3 nitrogen and oxygen atoms in total. The van der Waals surface area contributed by atoms with Crippen LogP contribution in [0.25, 0.3) is 0 Å². The molecule has 72 valence electrons. The highest BCUT2D eigenvalue weighted by Crippen LogP contribution is 2.13. The fraction of sp³-hybridized carbons (Fsp3) is 0.556. The van der Waals surface area contributed by atoms with Crippen LogP contribution in [0.3, 0.4) is 0 Å².